The molecule has 0 aromatic heterocycles. The highest BCUT2D eigenvalue weighted by Crippen LogP contribution is 2.26. The lowest BCUT2D eigenvalue weighted by Gasteiger charge is -2.29. The Balaban J connectivity index is 1.50. The number of piperidine rings is 1. The van der Waals surface area contributed by atoms with E-state index in [2.05, 4.69) is 33.3 Å². The van der Waals surface area contributed by atoms with Crippen LogP contribution in [0, 0.1) is 11.3 Å². The SMILES string of the molecule is N#C/C(=C\c1ccc2cc(N3CCCCC3)ccc2c1)C(=O)NCCOCCOC(=O)CNCl. The molecule has 1 saturated heterocycles. The minimum absolute atomic E-state index is 0.0202. The number of nitriles is 1. The van der Waals surface area contributed by atoms with Crippen molar-refractivity contribution in [3.05, 3.63) is 47.5 Å². The van der Waals surface area contributed by atoms with E-state index in [1.165, 1.54) is 24.9 Å². The number of anilines is 1. The first-order valence-electron chi connectivity index (χ1n) is 11.4. The third-order valence-corrected chi connectivity index (χ3v) is 5.61. The Labute approximate surface area is 204 Å². The fourth-order valence-electron chi connectivity index (χ4n) is 3.76. The highest BCUT2D eigenvalue weighted by molar-refractivity contribution is 6.14. The van der Waals surface area contributed by atoms with E-state index in [1.54, 1.807) is 6.08 Å². The summed E-state index contributed by atoms with van der Waals surface area (Å²) in [7, 11) is 0. The fraction of sp³-hybridized carbons (Fsp3) is 0.400. The van der Waals surface area contributed by atoms with Gasteiger partial charge < -0.3 is 19.7 Å². The maximum atomic E-state index is 12.4. The van der Waals surface area contributed by atoms with Crippen molar-refractivity contribution in [1.29, 1.82) is 5.26 Å². The molecular weight excluding hydrogens is 456 g/mol. The second-order valence-electron chi connectivity index (χ2n) is 7.91. The van der Waals surface area contributed by atoms with E-state index in [1.807, 2.05) is 24.3 Å². The summed E-state index contributed by atoms with van der Waals surface area (Å²) in [5.74, 6) is -0.946. The van der Waals surface area contributed by atoms with Gasteiger partial charge in [-0.3, -0.25) is 9.59 Å². The lowest BCUT2D eigenvalue weighted by Crippen LogP contribution is -2.29. The second kappa shape index (κ2) is 13.6. The first-order valence-corrected chi connectivity index (χ1v) is 11.7. The van der Waals surface area contributed by atoms with E-state index in [9.17, 15) is 14.9 Å². The number of fused-ring (bicyclic) bond motifs is 1. The fourth-order valence-corrected chi connectivity index (χ4v) is 3.87. The van der Waals surface area contributed by atoms with Crippen molar-refractivity contribution in [2.75, 3.05) is 50.9 Å². The number of carbonyl (C=O) groups is 2. The van der Waals surface area contributed by atoms with Crippen LogP contribution in [0.25, 0.3) is 16.8 Å². The van der Waals surface area contributed by atoms with Gasteiger partial charge in [0.15, 0.2) is 0 Å². The van der Waals surface area contributed by atoms with Crippen molar-refractivity contribution in [1.82, 2.24) is 10.2 Å². The molecule has 180 valence electrons. The molecule has 0 bridgehead atoms. The van der Waals surface area contributed by atoms with Crippen LogP contribution in [0.1, 0.15) is 24.8 Å². The standard InChI is InChI=1S/C25H29ClN4O4/c26-29-18-24(31)34-13-12-33-11-8-28-25(32)22(17-27)15-19-4-5-21-16-23(7-6-20(21)14-19)30-9-2-1-3-10-30/h4-7,14-16,29H,1-3,8-13,18H2,(H,28,32)/b22-15+. The van der Waals surface area contributed by atoms with Gasteiger partial charge in [0.05, 0.1) is 13.2 Å². The van der Waals surface area contributed by atoms with Crippen molar-refractivity contribution < 1.29 is 19.1 Å². The molecule has 1 heterocycles. The van der Waals surface area contributed by atoms with E-state index in [0.717, 1.165) is 29.4 Å². The van der Waals surface area contributed by atoms with Crippen LogP contribution in [0.15, 0.2) is 42.0 Å². The highest BCUT2D eigenvalue weighted by atomic mass is 35.5. The van der Waals surface area contributed by atoms with Crippen LogP contribution in [-0.4, -0.2) is 57.9 Å². The smallest absolute Gasteiger partial charge is 0.321 e. The Morgan fingerprint density at radius 1 is 1.06 bits per heavy atom. The van der Waals surface area contributed by atoms with E-state index in [0.29, 0.717) is 0 Å². The summed E-state index contributed by atoms with van der Waals surface area (Å²) in [6, 6.07) is 14.3. The zero-order valence-electron chi connectivity index (χ0n) is 19.0. The molecule has 8 nitrogen and oxygen atoms in total. The Morgan fingerprint density at radius 3 is 2.59 bits per heavy atom. The van der Waals surface area contributed by atoms with Crippen LogP contribution in [0.4, 0.5) is 5.69 Å². The molecule has 3 rings (SSSR count). The molecule has 0 saturated carbocycles. The predicted molar refractivity (Wildman–Crippen MR) is 132 cm³/mol. The van der Waals surface area contributed by atoms with Gasteiger partial charge in [-0.1, -0.05) is 18.2 Å². The normalized spacial score (nSPS) is 14.0. The number of nitrogens with zero attached hydrogens (tertiary/aromatic N) is 2. The molecule has 9 heteroatoms. The number of hydrogen-bond donors (Lipinski definition) is 2. The van der Waals surface area contributed by atoms with Crippen LogP contribution >= 0.6 is 11.8 Å². The molecule has 2 aromatic carbocycles. The summed E-state index contributed by atoms with van der Waals surface area (Å²) >= 11 is 5.20. The van der Waals surface area contributed by atoms with Crippen molar-refractivity contribution in [3.63, 3.8) is 0 Å². The van der Waals surface area contributed by atoms with Crippen LogP contribution in [-0.2, 0) is 19.1 Å². The molecular formula is C25H29ClN4O4. The Hall–Kier alpha value is -3.12. The third-order valence-electron chi connectivity index (χ3n) is 5.48. The molecule has 2 N–H and O–H groups in total. The van der Waals surface area contributed by atoms with Crippen LogP contribution < -0.4 is 15.1 Å². The molecule has 1 aliphatic heterocycles. The average Bonchev–Trinajstić information content (AvgIpc) is 2.86. The van der Waals surface area contributed by atoms with Gasteiger partial charge in [0.1, 0.15) is 24.8 Å². The number of esters is 1. The first-order chi connectivity index (χ1) is 16.6. The van der Waals surface area contributed by atoms with Gasteiger partial charge in [-0.2, -0.15) is 5.26 Å². The van der Waals surface area contributed by atoms with Crippen molar-refractivity contribution in [2.45, 2.75) is 19.3 Å². The molecule has 0 spiro atoms. The van der Waals surface area contributed by atoms with Gasteiger partial charge in [0.25, 0.3) is 5.91 Å². The zero-order chi connectivity index (χ0) is 24.2. The maximum absolute atomic E-state index is 12.4. The quantitative estimate of drug-likeness (QED) is 0.166. The molecule has 0 radical (unpaired) electrons. The topological polar surface area (TPSA) is 104 Å². The number of amides is 1. The van der Waals surface area contributed by atoms with E-state index < -0.39 is 11.9 Å². The van der Waals surface area contributed by atoms with Crippen LogP contribution in [0.2, 0.25) is 0 Å². The Kier molecular flexibility index (Phi) is 10.2. The van der Waals surface area contributed by atoms with Gasteiger partial charge >= 0.3 is 5.97 Å². The number of benzene rings is 2. The lowest BCUT2D eigenvalue weighted by atomic mass is 10.0. The highest BCUT2D eigenvalue weighted by Gasteiger charge is 2.12. The number of rotatable bonds is 11. The summed E-state index contributed by atoms with van der Waals surface area (Å²) in [4.78, 5) is 28.1. The number of carbonyl (C=O) groups excluding carboxylic acids is 2. The Bertz CT molecular complexity index is 1060. The van der Waals surface area contributed by atoms with E-state index in [4.69, 9.17) is 21.3 Å². The van der Waals surface area contributed by atoms with Crippen LogP contribution in [0.3, 0.4) is 0 Å². The molecule has 0 unspecified atom stereocenters. The van der Waals surface area contributed by atoms with Crippen LogP contribution in [0.5, 0.6) is 0 Å². The van der Waals surface area contributed by atoms with Gasteiger partial charge in [0, 0.05) is 25.3 Å². The summed E-state index contributed by atoms with van der Waals surface area (Å²) < 4.78 is 10.1. The number of halogens is 1. The predicted octanol–water partition coefficient (Wildman–Crippen LogP) is 3.16. The van der Waals surface area contributed by atoms with Crippen molar-refractivity contribution >= 4 is 46.2 Å². The van der Waals surface area contributed by atoms with Gasteiger partial charge in [-0.05, 0) is 71.7 Å². The number of ether oxygens (including phenoxy) is 2. The Morgan fingerprint density at radius 2 is 1.82 bits per heavy atom. The molecule has 1 fully saturated rings. The molecule has 2 aromatic rings. The lowest BCUT2D eigenvalue weighted by molar-refractivity contribution is -0.143. The summed E-state index contributed by atoms with van der Waals surface area (Å²) in [5, 5.41) is 14.3. The third kappa shape index (κ3) is 7.73. The maximum Gasteiger partial charge on any atom is 0.321 e. The van der Waals surface area contributed by atoms with Crippen molar-refractivity contribution in [2.24, 2.45) is 0 Å². The molecule has 1 aliphatic rings. The largest absolute Gasteiger partial charge is 0.462 e. The second-order valence-corrected chi connectivity index (χ2v) is 8.17. The molecule has 0 atom stereocenters. The number of nitrogens with one attached hydrogen (secondary N) is 2. The van der Waals surface area contributed by atoms with E-state index >= 15 is 0 Å². The minimum atomic E-state index is -0.480. The zero-order valence-corrected chi connectivity index (χ0v) is 19.8. The number of hydrogen-bond acceptors (Lipinski definition) is 7. The minimum Gasteiger partial charge on any atom is -0.462 e. The summed E-state index contributed by atoms with van der Waals surface area (Å²) in [6.45, 7) is 2.85. The average molecular weight is 485 g/mol. The van der Waals surface area contributed by atoms with Crippen molar-refractivity contribution in [3.8, 4) is 6.07 Å². The van der Waals surface area contributed by atoms with Gasteiger partial charge in [0.2, 0.25) is 0 Å². The van der Waals surface area contributed by atoms with Gasteiger partial charge in [-0.25, -0.2) is 4.84 Å². The summed E-state index contributed by atoms with van der Waals surface area (Å²) in [6.07, 6.45) is 5.34. The molecule has 34 heavy (non-hydrogen) atoms. The molecule has 1 amide bonds. The molecule has 0 aliphatic carbocycles. The monoisotopic (exact) mass is 484 g/mol. The van der Waals surface area contributed by atoms with Gasteiger partial charge in [-0.15, -0.1) is 0 Å². The first kappa shape index (κ1) is 25.5. The van der Waals surface area contributed by atoms with E-state index in [-0.39, 0.29) is 38.5 Å². The summed E-state index contributed by atoms with van der Waals surface area (Å²) in [5.41, 5.74) is 2.04.